The molecule has 154 valence electrons. The number of hydrogen-bond acceptors (Lipinski definition) is 4. The lowest BCUT2D eigenvalue weighted by Crippen LogP contribution is -2.50. The summed E-state index contributed by atoms with van der Waals surface area (Å²) in [6.07, 6.45) is -2.89. The van der Waals surface area contributed by atoms with Gasteiger partial charge in [-0.2, -0.15) is 13.2 Å². The molecule has 26 heavy (non-hydrogen) atoms. The Hall–Kier alpha value is -1.07. The van der Waals surface area contributed by atoms with E-state index < -0.39 is 22.7 Å². The zero-order valence-electron chi connectivity index (χ0n) is 15.6. The molecule has 0 atom stereocenters. The molecule has 2 N–H and O–H groups in total. The predicted molar refractivity (Wildman–Crippen MR) is 96.7 cm³/mol. The first-order valence-electron chi connectivity index (χ1n) is 8.85. The number of alkyl halides is 3. The second kappa shape index (κ2) is 10.3. The van der Waals surface area contributed by atoms with Gasteiger partial charge in [0, 0.05) is 32.2 Å². The fraction of sp³-hybridized carbons (Fsp3) is 0.933. The summed E-state index contributed by atoms with van der Waals surface area (Å²) in [5, 5.41) is 6.32. The Bertz CT molecular complexity index is 546. The van der Waals surface area contributed by atoms with Crippen LogP contribution in [0.4, 0.5) is 13.2 Å². The standard InChI is InChI=1S/C15H30F3N5O2S/c1-4-19-14(20-8-11-22(3)12-15(16,17)18)21-13-6-9-23(10-7-13)26(24,25)5-2/h13H,4-12H2,1-3H3,(H2,19,20,21). The van der Waals surface area contributed by atoms with E-state index in [1.807, 2.05) is 6.92 Å². The lowest BCUT2D eigenvalue weighted by atomic mass is 10.1. The van der Waals surface area contributed by atoms with E-state index in [0.717, 1.165) is 0 Å². The summed E-state index contributed by atoms with van der Waals surface area (Å²) in [5.41, 5.74) is 0. The van der Waals surface area contributed by atoms with Crippen molar-refractivity contribution in [3.05, 3.63) is 0 Å². The van der Waals surface area contributed by atoms with Gasteiger partial charge in [0.25, 0.3) is 0 Å². The van der Waals surface area contributed by atoms with Crippen molar-refractivity contribution in [1.29, 1.82) is 0 Å². The molecule has 0 spiro atoms. The highest BCUT2D eigenvalue weighted by molar-refractivity contribution is 7.89. The van der Waals surface area contributed by atoms with E-state index in [2.05, 4.69) is 15.6 Å². The molecule has 0 aromatic carbocycles. The molecule has 1 saturated heterocycles. The van der Waals surface area contributed by atoms with Crippen molar-refractivity contribution in [2.24, 2.45) is 4.99 Å². The summed E-state index contributed by atoms with van der Waals surface area (Å²) >= 11 is 0. The summed E-state index contributed by atoms with van der Waals surface area (Å²) < 4.78 is 62.2. The van der Waals surface area contributed by atoms with Crippen LogP contribution in [-0.2, 0) is 10.0 Å². The topological polar surface area (TPSA) is 77.0 Å². The number of halogens is 3. The van der Waals surface area contributed by atoms with Crippen LogP contribution in [-0.4, -0.2) is 87.9 Å². The highest BCUT2D eigenvalue weighted by atomic mass is 32.2. The third-order valence-corrected chi connectivity index (χ3v) is 5.98. The van der Waals surface area contributed by atoms with Gasteiger partial charge in [-0.15, -0.1) is 0 Å². The second-order valence-corrected chi connectivity index (χ2v) is 8.59. The molecule has 1 rings (SSSR count). The highest BCUT2D eigenvalue weighted by Gasteiger charge is 2.29. The maximum atomic E-state index is 12.3. The van der Waals surface area contributed by atoms with Gasteiger partial charge < -0.3 is 10.6 Å². The summed E-state index contributed by atoms with van der Waals surface area (Å²) in [6.45, 7) is 4.57. The van der Waals surface area contributed by atoms with Gasteiger partial charge in [-0.1, -0.05) is 0 Å². The molecule has 0 bridgehead atoms. The van der Waals surface area contributed by atoms with Crippen LogP contribution in [0.1, 0.15) is 26.7 Å². The number of rotatable bonds is 8. The Morgan fingerprint density at radius 3 is 2.38 bits per heavy atom. The molecule has 0 unspecified atom stereocenters. The van der Waals surface area contributed by atoms with E-state index >= 15 is 0 Å². The number of sulfonamides is 1. The minimum Gasteiger partial charge on any atom is -0.357 e. The molecular formula is C15H30F3N5O2S. The molecule has 0 amide bonds. The lowest BCUT2D eigenvalue weighted by Gasteiger charge is -2.32. The van der Waals surface area contributed by atoms with Gasteiger partial charge in [0.2, 0.25) is 10.0 Å². The van der Waals surface area contributed by atoms with E-state index in [1.54, 1.807) is 6.92 Å². The van der Waals surface area contributed by atoms with Crippen molar-refractivity contribution in [1.82, 2.24) is 19.8 Å². The van der Waals surface area contributed by atoms with Crippen molar-refractivity contribution in [2.45, 2.75) is 38.9 Å². The summed E-state index contributed by atoms with van der Waals surface area (Å²) in [6, 6.07) is 0.0870. The highest BCUT2D eigenvalue weighted by Crippen LogP contribution is 2.15. The fourth-order valence-corrected chi connectivity index (χ4v) is 3.82. The summed E-state index contributed by atoms with van der Waals surface area (Å²) in [5.74, 6) is 0.644. The molecule has 1 heterocycles. The molecule has 1 fully saturated rings. The molecule has 0 saturated carbocycles. The number of nitrogens with zero attached hydrogens (tertiary/aromatic N) is 3. The molecule has 1 aliphatic heterocycles. The zero-order chi connectivity index (χ0) is 19.8. The smallest absolute Gasteiger partial charge is 0.357 e. The Balaban J connectivity index is 2.48. The first-order chi connectivity index (χ1) is 12.1. The monoisotopic (exact) mass is 401 g/mol. The van der Waals surface area contributed by atoms with Gasteiger partial charge in [0.05, 0.1) is 18.8 Å². The van der Waals surface area contributed by atoms with Gasteiger partial charge >= 0.3 is 6.18 Å². The van der Waals surface area contributed by atoms with E-state index in [9.17, 15) is 21.6 Å². The molecule has 11 heteroatoms. The van der Waals surface area contributed by atoms with Crippen LogP contribution in [0.3, 0.4) is 0 Å². The Morgan fingerprint density at radius 2 is 1.88 bits per heavy atom. The first-order valence-corrected chi connectivity index (χ1v) is 10.5. The number of nitrogens with one attached hydrogen (secondary N) is 2. The molecule has 0 aromatic heterocycles. The average Bonchev–Trinajstić information content (AvgIpc) is 2.54. The van der Waals surface area contributed by atoms with Crippen molar-refractivity contribution in [2.75, 3.05) is 52.1 Å². The van der Waals surface area contributed by atoms with Crippen LogP contribution in [0, 0.1) is 0 Å². The minimum absolute atomic E-state index is 0.0870. The second-order valence-electron chi connectivity index (χ2n) is 6.33. The number of aliphatic imine (C=N–C) groups is 1. The van der Waals surface area contributed by atoms with E-state index in [4.69, 9.17) is 0 Å². The maximum absolute atomic E-state index is 12.3. The minimum atomic E-state index is -4.21. The molecule has 0 radical (unpaired) electrons. The average molecular weight is 401 g/mol. The van der Waals surface area contributed by atoms with Crippen LogP contribution in [0.2, 0.25) is 0 Å². The molecule has 0 aliphatic carbocycles. The van der Waals surface area contributed by atoms with Crippen LogP contribution in [0.25, 0.3) is 0 Å². The number of likely N-dealkylation sites (N-methyl/N-ethyl adjacent to an activating group) is 1. The van der Waals surface area contributed by atoms with Crippen molar-refractivity contribution >= 4 is 16.0 Å². The maximum Gasteiger partial charge on any atom is 0.401 e. The third-order valence-electron chi connectivity index (χ3n) is 4.10. The quantitative estimate of drug-likeness (QED) is 0.466. The fourth-order valence-electron chi connectivity index (χ4n) is 2.69. The largest absolute Gasteiger partial charge is 0.401 e. The SMILES string of the molecule is CCNC(=NCCN(C)CC(F)(F)F)NC1CCN(S(=O)(=O)CC)CC1. The van der Waals surface area contributed by atoms with Crippen molar-refractivity contribution < 1.29 is 21.6 Å². The van der Waals surface area contributed by atoms with E-state index in [-0.39, 0.29) is 24.9 Å². The molecule has 7 nitrogen and oxygen atoms in total. The van der Waals surface area contributed by atoms with Gasteiger partial charge in [-0.25, -0.2) is 12.7 Å². The van der Waals surface area contributed by atoms with Crippen molar-refractivity contribution in [3.63, 3.8) is 0 Å². The molecular weight excluding hydrogens is 371 g/mol. The third kappa shape index (κ3) is 8.54. The summed E-state index contributed by atoms with van der Waals surface area (Å²) in [4.78, 5) is 5.50. The van der Waals surface area contributed by atoms with Gasteiger partial charge in [-0.3, -0.25) is 9.89 Å². The van der Waals surface area contributed by atoms with Gasteiger partial charge in [0.1, 0.15) is 0 Å². The first kappa shape index (κ1) is 23.0. The van der Waals surface area contributed by atoms with Crippen LogP contribution >= 0.6 is 0 Å². The Labute approximate surface area is 154 Å². The number of piperidine rings is 1. The van der Waals surface area contributed by atoms with Gasteiger partial charge in [0.15, 0.2) is 5.96 Å². The predicted octanol–water partition coefficient (Wildman–Crippen LogP) is 0.850. The van der Waals surface area contributed by atoms with Crippen LogP contribution < -0.4 is 10.6 Å². The lowest BCUT2D eigenvalue weighted by molar-refractivity contribution is -0.142. The summed E-state index contributed by atoms with van der Waals surface area (Å²) in [7, 11) is -1.75. The number of hydrogen-bond donors (Lipinski definition) is 2. The zero-order valence-corrected chi connectivity index (χ0v) is 16.5. The Morgan fingerprint density at radius 1 is 1.27 bits per heavy atom. The number of guanidine groups is 1. The Kier molecular flexibility index (Phi) is 9.11. The van der Waals surface area contributed by atoms with E-state index in [1.165, 1.54) is 16.3 Å². The van der Waals surface area contributed by atoms with Gasteiger partial charge in [-0.05, 0) is 33.7 Å². The molecule has 1 aliphatic rings. The normalized spacial score (nSPS) is 18.3. The van der Waals surface area contributed by atoms with Crippen LogP contribution in [0.5, 0.6) is 0 Å². The van der Waals surface area contributed by atoms with Crippen LogP contribution in [0.15, 0.2) is 4.99 Å². The molecule has 0 aromatic rings. The van der Waals surface area contributed by atoms with Crippen molar-refractivity contribution in [3.8, 4) is 0 Å². The van der Waals surface area contributed by atoms with E-state index in [0.29, 0.717) is 38.4 Å².